The Kier molecular flexibility index (Phi) is 3.55. The van der Waals surface area contributed by atoms with E-state index in [0.29, 0.717) is 11.1 Å². The number of furan rings is 1. The van der Waals surface area contributed by atoms with Gasteiger partial charge in [0.05, 0.1) is 12.3 Å². The van der Waals surface area contributed by atoms with Crippen molar-refractivity contribution in [3.63, 3.8) is 0 Å². The molecule has 0 radical (unpaired) electrons. The number of halogens is 1. The second-order valence-corrected chi connectivity index (χ2v) is 4.79. The predicted molar refractivity (Wildman–Crippen MR) is 70.3 cm³/mol. The molecule has 0 saturated carbocycles. The molecule has 0 bridgehead atoms. The van der Waals surface area contributed by atoms with Crippen LogP contribution >= 0.6 is 11.6 Å². The van der Waals surface area contributed by atoms with Crippen molar-refractivity contribution in [1.82, 2.24) is 0 Å². The lowest BCUT2D eigenvalue weighted by atomic mass is 9.97. The van der Waals surface area contributed by atoms with Crippen LogP contribution in [-0.4, -0.2) is 0 Å². The predicted octanol–water partition coefficient (Wildman–Crippen LogP) is 4.10. The zero-order valence-corrected chi connectivity index (χ0v) is 10.7. The van der Waals surface area contributed by atoms with E-state index >= 15 is 0 Å². The van der Waals surface area contributed by atoms with Crippen molar-refractivity contribution in [2.45, 2.75) is 25.8 Å². The molecule has 1 heterocycles. The third-order valence-electron chi connectivity index (χ3n) is 2.94. The van der Waals surface area contributed by atoms with Gasteiger partial charge in [-0.2, -0.15) is 0 Å². The summed E-state index contributed by atoms with van der Waals surface area (Å²) in [5.74, 6) is 0.526. The van der Waals surface area contributed by atoms with E-state index in [-0.39, 0.29) is 6.04 Å². The van der Waals surface area contributed by atoms with E-state index in [1.165, 1.54) is 5.56 Å². The molecule has 2 rings (SSSR count). The maximum atomic E-state index is 6.14. The quantitative estimate of drug-likeness (QED) is 0.889. The minimum Gasteiger partial charge on any atom is -0.453 e. The van der Waals surface area contributed by atoms with Crippen LogP contribution in [0.3, 0.4) is 0 Å². The van der Waals surface area contributed by atoms with Crippen LogP contribution in [0.5, 0.6) is 0 Å². The van der Waals surface area contributed by atoms with Crippen molar-refractivity contribution in [2.24, 2.45) is 5.73 Å². The molecule has 0 spiro atoms. The summed E-state index contributed by atoms with van der Waals surface area (Å²) in [6.07, 6.45) is 1.56. The topological polar surface area (TPSA) is 39.2 Å². The average Bonchev–Trinajstić information content (AvgIpc) is 2.74. The highest BCUT2D eigenvalue weighted by Crippen LogP contribution is 2.28. The second kappa shape index (κ2) is 4.94. The molecule has 2 aromatic rings. The highest BCUT2D eigenvalue weighted by molar-refractivity contribution is 6.29. The highest BCUT2D eigenvalue weighted by atomic mass is 35.5. The second-order valence-electron chi connectivity index (χ2n) is 4.45. The van der Waals surface area contributed by atoms with E-state index in [1.807, 2.05) is 18.2 Å². The Balaban J connectivity index is 2.26. The lowest BCUT2D eigenvalue weighted by Gasteiger charge is -2.12. The molecule has 2 nitrogen and oxygen atoms in total. The number of hydrogen-bond donors (Lipinski definition) is 1. The van der Waals surface area contributed by atoms with Gasteiger partial charge in [-0.3, -0.25) is 0 Å². The van der Waals surface area contributed by atoms with Crippen LogP contribution in [-0.2, 0) is 0 Å². The minimum atomic E-state index is -0.234. The lowest BCUT2D eigenvalue weighted by Crippen LogP contribution is -2.11. The average molecular weight is 250 g/mol. The monoisotopic (exact) mass is 249 g/mol. The molecule has 90 valence electrons. The summed E-state index contributed by atoms with van der Waals surface area (Å²) < 4.78 is 5.05. The standard InChI is InChI=1S/C14H16ClNO/c1-9(2)10-3-5-11(6-4-10)13(16)12-7-8-17-14(12)15/h3-9,13H,16H2,1-2H3. The first kappa shape index (κ1) is 12.2. The van der Waals surface area contributed by atoms with Crippen molar-refractivity contribution in [3.05, 3.63) is 58.5 Å². The zero-order valence-electron chi connectivity index (χ0n) is 9.98. The van der Waals surface area contributed by atoms with Crippen LogP contribution in [0.2, 0.25) is 5.22 Å². The number of benzene rings is 1. The summed E-state index contributed by atoms with van der Waals surface area (Å²) >= 11 is 5.92. The highest BCUT2D eigenvalue weighted by Gasteiger charge is 2.14. The summed E-state index contributed by atoms with van der Waals surface area (Å²) in [4.78, 5) is 0. The van der Waals surface area contributed by atoms with E-state index in [0.717, 1.165) is 11.1 Å². The van der Waals surface area contributed by atoms with Crippen LogP contribution in [0.4, 0.5) is 0 Å². The molecule has 0 aliphatic heterocycles. The first-order valence-electron chi connectivity index (χ1n) is 5.68. The molecule has 0 aliphatic rings. The van der Waals surface area contributed by atoms with E-state index in [4.69, 9.17) is 21.8 Å². The number of nitrogens with two attached hydrogens (primary N) is 1. The van der Waals surface area contributed by atoms with Gasteiger partial charge in [0.25, 0.3) is 0 Å². The molecule has 1 aromatic carbocycles. The van der Waals surface area contributed by atoms with Crippen LogP contribution in [0.25, 0.3) is 0 Å². The molecular weight excluding hydrogens is 234 g/mol. The minimum absolute atomic E-state index is 0.234. The van der Waals surface area contributed by atoms with Crippen molar-refractivity contribution >= 4 is 11.6 Å². The van der Waals surface area contributed by atoms with Gasteiger partial charge < -0.3 is 10.2 Å². The van der Waals surface area contributed by atoms with E-state index in [1.54, 1.807) is 6.26 Å². The van der Waals surface area contributed by atoms with Gasteiger partial charge >= 0.3 is 0 Å². The van der Waals surface area contributed by atoms with Gasteiger partial charge in [-0.05, 0) is 34.7 Å². The third kappa shape index (κ3) is 2.54. The molecule has 1 unspecified atom stereocenters. The Morgan fingerprint density at radius 2 is 1.65 bits per heavy atom. The SMILES string of the molecule is CC(C)c1ccc(C(N)c2ccoc2Cl)cc1. The zero-order chi connectivity index (χ0) is 12.4. The Morgan fingerprint density at radius 1 is 1.06 bits per heavy atom. The van der Waals surface area contributed by atoms with Gasteiger partial charge in [-0.1, -0.05) is 38.1 Å². The van der Waals surface area contributed by atoms with Gasteiger partial charge in [-0.15, -0.1) is 0 Å². The number of hydrogen-bond acceptors (Lipinski definition) is 2. The Hall–Kier alpha value is -1.25. The van der Waals surface area contributed by atoms with Crippen LogP contribution in [0.15, 0.2) is 41.0 Å². The first-order valence-corrected chi connectivity index (χ1v) is 6.05. The van der Waals surface area contributed by atoms with E-state index < -0.39 is 0 Å². The van der Waals surface area contributed by atoms with Crippen LogP contribution in [0, 0.1) is 0 Å². The molecule has 0 amide bonds. The Bertz CT molecular complexity index is 487. The van der Waals surface area contributed by atoms with Gasteiger partial charge in [0.15, 0.2) is 5.22 Å². The Labute approximate surface area is 106 Å². The van der Waals surface area contributed by atoms with Crippen molar-refractivity contribution < 1.29 is 4.42 Å². The molecule has 1 atom stereocenters. The maximum absolute atomic E-state index is 6.14. The molecule has 3 heteroatoms. The van der Waals surface area contributed by atoms with Gasteiger partial charge in [-0.25, -0.2) is 0 Å². The third-order valence-corrected chi connectivity index (χ3v) is 3.25. The normalized spacial score (nSPS) is 13.0. The molecule has 0 saturated heterocycles. The summed E-state index contributed by atoms with van der Waals surface area (Å²) in [6, 6.07) is 9.88. The summed E-state index contributed by atoms with van der Waals surface area (Å²) in [6.45, 7) is 4.34. The largest absolute Gasteiger partial charge is 0.453 e. The lowest BCUT2D eigenvalue weighted by molar-refractivity contribution is 0.564. The molecule has 17 heavy (non-hydrogen) atoms. The van der Waals surface area contributed by atoms with E-state index in [9.17, 15) is 0 Å². The summed E-state index contributed by atoms with van der Waals surface area (Å²) in [5, 5.41) is 0.366. The molecule has 2 N–H and O–H groups in total. The van der Waals surface area contributed by atoms with Crippen molar-refractivity contribution in [3.8, 4) is 0 Å². The van der Waals surface area contributed by atoms with Crippen molar-refractivity contribution in [1.29, 1.82) is 0 Å². The Morgan fingerprint density at radius 3 is 2.12 bits per heavy atom. The fourth-order valence-electron chi connectivity index (χ4n) is 1.79. The van der Waals surface area contributed by atoms with Crippen molar-refractivity contribution in [2.75, 3.05) is 0 Å². The number of rotatable bonds is 3. The van der Waals surface area contributed by atoms with Crippen LogP contribution < -0.4 is 5.73 Å². The molecular formula is C14H16ClNO. The fraction of sp³-hybridized carbons (Fsp3) is 0.286. The first-order chi connectivity index (χ1) is 8.09. The molecule has 0 aliphatic carbocycles. The maximum Gasteiger partial charge on any atom is 0.198 e. The van der Waals surface area contributed by atoms with Crippen LogP contribution in [0.1, 0.15) is 42.5 Å². The molecule has 1 aromatic heterocycles. The summed E-state index contributed by atoms with van der Waals surface area (Å²) in [5.41, 5.74) is 9.31. The fourth-order valence-corrected chi connectivity index (χ4v) is 2.03. The smallest absolute Gasteiger partial charge is 0.198 e. The van der Waals surface area contributed by atoms with Gasteiger partial charge in [0.2, 0.25) is 0 Å². The summed E-state index contributed by atoms with van der Waals surface area (Å²) in [7, 11) is 0. The van der Waals surface area contributed by atoms with Gasteiger partial charge in [0.1, 0.15) is 0 Å². The van der Waals surface area contributed by atoms with E-state index in [2.05, 4.69) is 26.0 Å². The van der Waals surface area contributed by atoms with Gasteiger partial charge in [0, 0.05) is 5.56 Å². The molecule has 0 fully saturated rings.